The molecule has 0 saturated carbocycles. The molecule has 0 bridgehead atoms. The molecule has 136 valence electrons. The molecule has 0 radical (unpaired) electrons. The molecule has 0 spiro atoms. The van der Waals surface area contributed by atoms with Crippen LogP contribution in [0.3, 0.4) is 0 Å². The Hall–Kier alpha value is -1.30. The first-order chi connectivity index (χ1) is 11.8. The van der Waals surface area contributed by atoms with Crippen LogP contribution in [0.5, 0.6) is 0 Å². The molecule has 1 aromatic rings. The van der Waals surface area contributed by atoms with Crippen molar-refractivity contribution < 1.29 is 19.1 Å². The smallest absolute Gasteiger partial charge is 0.329 e. The van der Waals surface area contributed by atoms with Crippen molar-refractivity contribution in [3.8, 4) is 0 Å². The van der Waals surface area contributed by atoms with Crippen molar-refractivity contribution in [3.63, 3.8) is 0 Å². The molecule has 1 amide bonds. The van der Waals surface area contributed by atoms with Gasteiger partial charge in [0.15, 0.2) is 0 Å². The Kier molecular flexibility index (Phi) is 5.28. The molecule has 7 heteroatoms. The van der Waals surface area contributed by atoms with Crippen LogP contribution in [-0.2, 0) is 19.1 Å². The minimum absolute atomic E-state index is 0.215. The fourth-order valence-corrected chi connectivity index (χ4v) is 3.85. The first-order valence-corrected chi connectivity index (χ1v) is 9.09. The van der Waals surface area contributed by atoms with Gasteiger partial charge in [0.1, 0.15) is 6.04 Å². The number of esters is 1. The van der Waals surface area contributed by atoms with E-state index < -0.39 is 29.4 Å². The number of halogens is 2. The minimum atomic E-state index is -0.650. The molecule has 3 atom stereocenters. The number of amides is 1. The number of hydrogen-bond donors (Lipinski definition) is 1. The van der Waals surface area contributed by atoms with Gasteiger partial charge in [-0.05, 0) is 25.0 Å². The lowest BCUT2D eigenvalue weighted by Crippen LogP contribution is -2.50. The van der Waals surface area contributed by atoms with Gasteiger partial charge < -0.3 is 14.8 Å². The van der Waals surface area contributed by atoms with E-state index in [2.05, 4.69) is 5.32 Å². The van der Waals surface area contributed by atoms with Gasteiger partial charge in [-0.2, -0.15) is 0 Å². The first kappa shape index (κ1) is 18.5. The highest BCUT2D eigenvalue weighted by Crippen LogP contribution is 2.38. The summed E-state index contributed by atoms with van der Waals surface area (Å²) in [6.07, 6.45) is 0.981. The number of ether oxygens (including phenoxy) is 2. The lowest BCUT2D eigenvalue weighted by Gasteiger charge is -2.33. The molecule has 1 unspecified atom stereocenters. The maximum Gasteiger partial charge on any atom is 0.329 e. The van der Waals surface area contributed by atoms with Crippen LogP contribution >= 0.6 is 23.2 Å². The van der Waals surface area contributed by atoms with Crippen molar-refractivity contribution in [2.75, 3.05) is 13.2 Å². The number of carbonyl (C=O) groups excluding carboxylic acids is 2. The number of cyclic esters (lactones) is 1. The fourth-order valence-electron chi connectivity index (χ4n) is 3.33. The van der Waals surface area contributed by atoms with E-state index in [1.807, 2.05) is 13.8 Å². The van der Waals surface area contributed by atoms with Crippen molar-refractivity contribution in [1.29, 1.82) is 0 Å². The van der Waals surface area contributed by atoms with Gasteiger partial charge in [-0.1, -0.05) is 43.1 Å². The summed E-state index contributed by atoms with van der Waals surface area (Å²) in [4.78, 5) is 24.8. The largest absolute Gasteiger partial charge is 0.463 e. The zero-order chi connectivity index (χ0) is 18.2. The molecule has 2 aliphatic rings. The Morgan fingerprint density at radius 3 is 2.72 bits per heavy atom. The Bertz CT molecular complexity index is 692. The number of benzene rings is 1. The summed E-state index contributed by atoms with van der Waals surface area (Å²) >= 11 is 12.3. The number of hydrogen-bond acceptors (Lipinski definition) is 4. The zero-order valence-electron chi connectivity index (χ0n) is 14.2. The molecule has 5 nitrogen and oxygen atoms in total. The van der Waals surface area contributed by atoms with Crippen LogP contribution in [-0.4, -0.2) is 31.1 Å². The second-order valence-electron chi connectivity index (χ2n) is 7.24. The van der Waals surface area contributed by atoms with E-state index in [1.165, 1.54) is 0 Å². The highest BCUT2D eigenvalue weighted by atomic mass is 35.5. The second kappa shape index (κ2) is 7.14. The van der Waals surface area contributed by atoms with Crippen molar-refractivity contribution in [2.45, 2.75) is 38.8 Å². The summed E-state index contributed by atoms with van der Waals surface area (Å²) in [5, 5.41) is 3.86. The van der Waals surface area contributed by atoms with Gasteiger partial charge in [-0.3, -0.25) is 4.79 Å². The third-order valence-corrected chi connectivity index (χ3v) is 5.38. The quantitative estimate of drug-likeness (QED) is 0.808. The van der Waals surface area contributed by atoms with Gasteiger partial charge in [0.25, 0.3) is 0 Å². The third-order valence-electron chi connectivity index (χ3n) is 4.82. The third kappa shape index (κ3) is 3.78. The summed E-state index contributed by atoms with van der Waals surface area (Å²) < 4.78 is 10.9. The van der Waals surface area contributed by atoms with Crippen LogP contribution in [0.1, 0.15) is 38.4 Å². The van der Waals surface area contributed by atoms with Crippen molar-refractivity contribution in [3.05, 3.63) is 33.8 Å². The van der Waals surface area contributed by atoms with Gasteiger partial charge in [0, 0.05) is 27.6 Å². The SMILES string of the molecule is CC1(C)COC(=O)C1NC(=O)[C@@H]1CCCO[C@H]1c1ccc(Cl)cc1Cl. The van der Waals surface area contributed by atoms with E-state index in [9.17, 15) is 9.59 Å². The number of rotatable bonds is 3. The Labute approximate surface area is 157 Å². The average molecular weight is 386 g/mol. The van der Waals surface area contributed by atoms with E-state index in [-0.39, 0.29) is 5.91 Å². The van der Waals surface area contributed by atoms with Gasteiger partial charge in [0.05, 0.1) is 18.6 Å². The van der Waals surface area contributed by atoms with Crippen molar-refractivity contribution in [1.82, 2.24) is 5.32 Å². The van der Waals surface area contributed by atoms with Gasteiger partial charge >= 0.3 is 5.97 Å². The van der Waals surface area contributed by atoms with E-state index in [1.54, 1.807) is 18.2 Å². The molecule has 1 N–H and O–H groups in total. The van der Waals surface area contributed by atoms with Crippen molar-refractivity contribution in [2.24, 2.45) is 11.3 Å². The molecule has 0 aliphatic carbocycles. The summed E-state index contributed by atoms with van der Waals surface area (Å²) in [7, 11) is 0. The highest BCUT2D eigenvalue weighted by Gasteiger charge is 2.46. The zero-order valence-corrected chi connectivity index (χ0v) is 15.7. The van der Waals surface area contributed by atoms with Gasteiger partial charge in [-0.25, -0.2) is 4.79 Å². The topological polar surface area (TPSA) is 64.6 Å². The molecule has 2 fully saturated rings. The summed E-state index contributed by atoms with van der Waals surface area (Å²) in [6.45, 7) is 4.65. The minimum Gasteiger partial charge on any atom is -0.463 e. The maximum atomic E-state index is 12.9. The van der Waals surface area contributed by atoms with Crippen LogP contribution in [0, 0.1) is 11.3 Å². The molecule has 2 aliphatic heterocycles. The van der Waals surface area contributed by atoms with E-state index in [0.717, 1.165) is 12.0 Å². The molecule has 2 saturated heterocycles. The number of carbonyl (C=O) groups is 2. The van der Waals surface area contributed by atoms with Gasteiger partial charge in [0.2, 0.25) is 5.91 Å². The lowest BCUT2D eigenvalue weighted by molar-refractivity contribution is -0.144. The van der Waals surface area contributed by atoms with Crippen LogP contribution < -0.4 is 5.32 Å². The molecule has 0 aromatic heterocycles. The molecule has 25 heavy (non-hydrogen) atoms. The predicted molar refractivity (Wildman–Crippen MR) is 94.5 cm³/mol. The first-order valence-electron chi connectivity index (χ1n) is 8.33. The van der Waals surface area contributed by atoms with Crippen LogP contribution in [0.2, 0.25) is 10.0 Å². The molecule has 3 rings (SSSR count). The Balaban J connectivity index is 1.81. The standard InChI is InChI=1S/C18H21Cl2NO4/c1-18(2)9-25-17(23)15(18)21-16(22)12-4-3-7-24-14(12)11-6-5-10(19)8-13(11)20/h5-6,8,12,14-15H,3-4,7,9H2,1-2H3,(H,21,22)/t12-,14+,15?/m1/s1. The highest BCUT2D eigenvalue weighted by molar-refractivity contribution is 6.35. The summed E-state index contributed by atoms with van der Waals surface area (Å²) in [5.74, 6) is -1.03. The predicted octanol–water partition coefficient (Wildman–Crippen LogP) is 3.53. The normalized spacial score (nSPS) is 28.5. The molecule has 1 aromatic carbocycles. The number of nitrogens with one attached hydrogen (secondary N) is 1. The average Bonchev–Trinajstić information content (AvgIpc) is 2.82. The fraction of sp³-hybridized carbons (Fsp3) is 0.556. The van der Waals surface area contributed by atoms with Crippen LogP contribution in [0.15, 0.2) is 18.2 Å². The Morgan fingerprint density at radius 2 is 2.08 bits per heavy atom. The van der Waals surface area contributed by atoms with E-state index >= 15 is 0 Å². The summed E-state index contributed by atoms with van der Waals surface area (Å²) in [6, 6.07) is 4.51. The van der Waals surface area contributed by atoms with E-state index in [4.69, 9.17) is 32.7 Å². The molecule has 2 heterocycles. The molecular weight excluding hydrogens is 365 g/mol. The van der Waals surface area contributed by atoms with Gasteiger partial charge in [-0.15, -0.1) is 0 Å². The Morgan fingerprint density at radius 1 is 1.32 bits per heavy atom. The maximum absolute atomic E-state index is 12.9. The second-order valence-corrected chi connectivity index (χ2v) is 8.09. The molecular formula is C18H21Cl2NO4. The van der Waals surface area contributed by atoms with E-state index in [0.29, 0.717) is 29.7 Å². The monoisotopic (exact) mass is 385 g/mol. The van der Waals surface area contributed by atoms with Crippen LogP contribution in [0.4, 0.5) is 0 Å². The van der Waals surface area contributed by atoms with Crippen molar-refractivity contribution >= 4 is 35.1 Å². The summed E-state index contributed by atoms with van der Waals surface area (Å²) in [5.41, 5.74) is 0.301. The lowest BCUT2D eigenvalue weighted by atomic mass is 9.85. The van der Waals surface area contributed by atoms with Crippen LogP contribution in [0.25, 0.3) is 0 Å².